The molecule has 38 heavy (non-hydrogen) atoms. The number of fused-ring (bicyclic) bond motifs is 4. The van der Waals surface area contributed by atoms with E-state index >= 15 is 0 Å². The Morgan fingerprint density at radius 1 is 1.11 bits per heavy atom. The molecule has 0 aliphatic carbocycles. The molecule has 0 aromatic heterocycles. The number of ether oxygens (including phenoxy) is 2. The van der Waals surface area contributed by atoms with Crippen LogP contribution < -0.4 is 14.8 Å². The number of amides is 1. The monoisotopic (exact) mass is 577 g/mol. The van der Waals surface area contributed by atoms with Gasteiger partial charge in [0.2, 0.25) is 0 Å². The first-order valence-corrected chi connectivity index (χ1v) is 13.7. The summed E-state index contributed by atoms with van der Waals surface area (Å²) in [5.74, 6) is 0.334. The molecule has 0 saturated carbocycles. The summed E-state index contributed by atoms with van der Waals surface area (Å²) in [7, 11) is 0. The second-order valence-electron chi connectivity index (χ2n) is 9.98. The number of carbonyl (C=O) groups excluding carboxylic acids is 1. The third-order valence-electron chi connectivity index (χ3n) is 8.05. The lowest BCUT2D eigenvalue weighted by atomic mass is 9.77. The van der Waals surface area contributed by atoms with Crippen molar-refractivity contribution >= 4 is 27.5 Å². The molecular weight excluding hydrogens is 550 g/mol. The second-order valence-corrected chi connectivity index (χ2v) is 10.9. The van der Waals surface area contributed by atoms with Gasteiger partial charge in [-0.25, -0.2) is 0 Å². The van der Waals surface area contributed by atoms with Crippen LogP contribution in [0.1, 0.15) is 42.4 Å². The van der Waals surface area contributed by atoms with E-state index < -0.39 is 17.5 Å². The highest BCUT2D eigenvalue weighted by atomic mass is 79.9. The SMILES string of the molecule is CCOc1cc([C@H]2[C@H]([N+](=O)[O-])[C@]3(C(=O)Nc4ccccc43)N3CCC[C@@H]23)ccc1OCc1ccc(Br)cc1. The van der Waals surface area contributed by atoms with Gasteiger partial charge in [-0.15, -0.1) is 0 Å². The maximum atomic E-state index is 13.6. The number of hydrogen-bond donors (Lipinski definition) is 1. The summed E-state index contributed by atoms with van der Waals surface area (Å²) in [5.41, 5.74) is 1.81. The molecule has 1 amide bonds. The van der Waals surface area contributed by atoms with Crippen LogP contribution in [0.5, 0.6) is 11.5 Å². The van der Waals surface area contributed by atoms with E-state index in [9.17, 15) is 14.9 Å². The smallest absolute Gasteiger partial charge is 0.256 e. The number of carbonyl (C=O) groups is 1. The van der Waals surface area contributed by atoms with Gasteiger partial charge in [-0.1, -0.05) is 52.3 Å². The molecule has 1 N–H and O–H groups in total. The van der Waals surface area contributed by atoms with Crippen molar-refractivity contribution in [1.82, 2.24) is 4.90 Å². The topological polar surface area (TPSA) is 93.9 Å². The molecule has 0 radical (unpaired) electrons. The lowest BCUT2D eigenvalue weighted by Gasteiger charge is -2.32. The normalized spacial score (nSPS) is 25.7. The average Bonchev–Trinajstić information content (AvgIpc) is 3.57. The lowest BCUT2D eigenvalue weighted by Crippen LogP contribution is -2.55. The van der Waals surface area contributed by atoms with Crippen molar-refractivity contribution in [2.24, 2.45) is 0 Å². The molecule has 2 fully saturated rings. The lowest BCUT2D eigenvalue weighted by molar-refractivity contribution is -0.534. The van der Waals surface area contributed by atoms with Gasteiger partial charge in [-0.05, 0) is 61.2 Å². The summed E-state index contributed by atoms with van der Waals surface area (Å²) in [6.45, 7) is 3.33. The number of hydrogen-bond acceptors (Lipinski definition) is 6. The van der Waals surface area contributed by atoms with Crippen LogP contribution in [-0.4, -0.2) is 41.0 Å². The van der Waals surface area contributed by atoms with Gasteiger partial charge in [0.05, 0.1) is 12.5 Å². The maximum absolute atomic E-state index is 13.6. The van der Waals surface area contributed by atoms with Crippen molar-refractivity contribution in [2.75, 3.05) is 18.5 Å². The van der Waals surface area contributed by atoms with Crippen molar-refractivity contribution in [1.29, 1.82) is 0 Å². The number of rotatable bonds is 7. The van der Waals surface area contributed by atoms with Crippen molar-refractivity contribution in [3.05, 3.63) is 98.0 Å². The molecular formula is C29H28BrN3O5. The highest BCUT2D eigenvalue weighted by Gasteiger charge is 2.73. The van der Waals surface area contributed by atoms with E-state index in [1.54, 1.807) is 0 Å². The summed E-state index contributed by atoms with van der Waals surface area (Å²) in [4.78, 5) is 28.3. The molecule has 3 aromatic rings. The molecule has 3 aliphatic rings. The van der Waals surface area contributed by atoms with Crippen molar-refractivity contribution in [3.8, 4) is 11.5 Å². The minimum atomic E-state index is -1.34. The fraction of sp³-hybridized carbons (Fsp3) is 0.345. The fourth-order valence-electron chi connectivity index (χ4n) is 6.64. The van der Waals surface area contributed by atoms with Gasteiger partial charge in [0.15, 0.2) is 17.0 Å². The van der Waals surface area contributed by atoms with E-state index in [4.69, 9.17) is 9.47 Å². The van der Waals surface area contributed by atoms with Gasteiger partial charge < -0.3 is 14.8 Å². The number of para-hydroxylation sites is 1. The van der Waals surface area contributed by atoms with E-state index in [-0.39, 0.29) is 16.9 Å². The molecule has 6 rings (SSSR count). The predicted molar refractivity (Wildman–Crippen MR) is 146 cm³/mol. The molecule has 3 aromatic carbocycles. The van der Waals surface area contributed by atoms with Crippen molar-refractivity contribution < 1.29 is 19.2 Å². The number of benzene rings is 3. The fourth-order valence-corrected chi connectivity index (χ4v) is 6.90. The van der Waals surface area contributed by atoms with Crippen molar-refractivity contribution in [2.45, 2.75) is 49.9 Å². The maximum Gasteiger partial charge on any atom is 0.256 e. The Hall–Kier alpha value is -3.43. The summed E-state index contributed by atoms with van der Waals surface area (Å²) in [6.07, 6.45) is 1.67. The first-order chi connectivity index (χ1) is 18.4. The zero-order chi connectivity index (χ0) is 26.4. The van der Waals surface area contributed by atoms with Crippen LogP contribution in [0.15, 0.2) is 71.2 Å². The van der Waals surface area contributed by atoms with E-state index in [0.29, 0.717) is 42.5 Å². The van der Waals surface area contributed by atoms with E-state index in [1.165, 1.54) is 0 Å². The summed E-state index contributed by atoms with van der Waals surface area (Å²) in [5, 5.41) is 15.8. The summed E-state index contributed by atoms with van der Waals surface area (Å²) in [6, 6.07) is 19.6. The average molecular weight is 578 g/mol. The molecule has 0 unspecified atom stereocenters. The Bertz CT molecular complexity index is 1400. The number of nitro groups is 1. The molecule has 8 nitrogen and oxygen atoms in total. The molecule has 0 bridgehead atoms. The third kappa shape index (κ3) is 3.79. The number of halogens is 1. The van der Waals surface area contributed by atoms with E-state index in [0.717, 1.165) is 28.4 Å². The van der Waals surface area contributed by atoms with Crippen LogP contribution in [0.4, 0.5) is 5.69 Å². The van der Waals surface area contributed by atoms with Crippen LogP contribution in [-0.2, 0) is 16.9 Å². The molecule has 3 heterocycles. The quantitative estimate of drug-likeness (QED) is 0.295. The molecule has 9 heteroatoms. The third-order valence-corrected chi connectivity index (χ3v) is 8.58. The Kier molecular flexibility index (Phi) is 6.36. The summed E-state index contributed by atoms with van der Waals surface area (Å²) >= 11 is 3.45. The molecule has 4 atom stereocenters. The van der Waals surface area contributed by atoms with E-state index in [1.807, 2.05) is 73.7 Å². The number of nitrogens with zero attached hydrogens (tertiary/aromatic N) is 2. The Balaban J connectivity index is 1.40. The van der Waals surface area contributed by atoms with Crippen LogP contribution in [0.25, 0.3) is 0 Å². The van der Waals surface area contributed by atoms with Crippen LogP contribution in [0, 0.1) is 10.1 Å². The first-order valence-electron chi connectivity index (χ1n) is 12.9. The first kappa shape index (κ1) is 24.9. The Morgan fingerprint density at radius 2 is 1.89 bits per heavy atom. The summed E-state index contributed by atoms with van der Waals surface area (Å²) < 4.78 is 13.0. The van der Waals surface area contributed by atoms with Crippen LogP contribution in [0.3, 0.4) is 0 Å². The highest BCUT2D eigenvalue weighted by Crippen LogP contribution is 2.58. The van der Waals surface area contributed by atoms with Gasteiger partial charge >= 0.3 is 0 Å². The zero-order valence-electron chi connectivity index (χ0n) is 20.9. The van der Waals surface area contributed by atoms with E-state index in [2.05, 4.69) is 26.1 Å². The van der Waals surface area contributed by atoms with Gasteiger partial charge in [-0.2, -0.15) is 0 Å². The Labute approximate surface area is 229 Å². The second kappa shape index (κ2) is 9.71. The standard InChI is InChI=1S/C29H28BrN3O5/c1-2-37-25-16-19(11-14-24(25)38-17-18-9-12-20(30)13-10-18)26-23-8-5-15-32(23)29(27(26)33(35)36)21-6-3-4-7-22(21)31-28(29)34/h3-4,6-7,9-14,16,23,26-27H,2,5,8,15,17H2,1H3,(H,31,34)/t23-,26+,27-,29+/m0/s1. The van der Waals surface area contributed by atoms with Crippen LogP contribution in [0.2, 0.25) is 0 Å². The molecule has 196 valence electrons. The van der Waals surface area contributed by atoms with Gasteiger partial charge in [0.25, 0.3) is 11.9 Å². The molecule has 2 saturated heterocycles. The van der Waals surface area contributed by atoms with Crippen molar-refractivity contribution in [3.63, 3.8) is 0 Å². The zero-order valence-corrected chi connectivity index (χ0v) is 22.5. The molecule has 3 aliphatic heterocycles. The number of nitrogens with one attached hydrogen (secondary N) is 1. The highest BCUT2D eigenvalue weighted by molar-refractivity contribution is 9.10. The Morgan fingerprint density at radius 3 is 2.66 bits per heavy atom. The van der Waals surface area contributed by atoms with Gasteiger partial charge in [0, 0.05) is 33.2 Å². The van der Waals surface area contributed by atoms with Crippen LogP contribution >= 0.6 is 15.9 Å². The molecule has 1 spiro atoms. The minimum Gasteiger partial charge on any atom is -0.490 e. The predicted octanol–water partition coefficient (Wildman–Crippen LogP) is 5.48. The van der Waals surface area contributed by atoms with Gasteiger partial charge in [0.1, 0.15) is 6.61 Å². The largest absolute Gasteiger partial charge is 0.490 e. The van der Waals surface area contributed by atoms with Gasteiger partial charge in [-0.3, -0.25) is 19.8 Å². The number of anilines is 1. The minimum absolute atomic E-state index is 0.133.